The Kier molecular flexibility index (Phi) is 7.08. The third kappa shape index (κ3) is 4.97. The quantitative estimate of drug-likeness (QED) is 0.722. The molecule has 1 aromatic rings. The summed E-state index contributed by atoms with van der Waals surface area (Å²) in [5, 5.41) is 5.55. The highest BCUT2D eigenvalue weighted by Gasteiger charge is 2.18. The molecule has 0 spiro atoms. The standard InChI is InChI=1S/C15H23F2N3O/c1-4-6-19-9-11-7-12(16)15(13(17)8-11)20(5-2)10-14(21)18-3/h7-8,19H,4-6,9-10H2,1-3H3,(H,18,21). The Hall–Kier alpha value is -1.69. The van der Waals surface area contributed by atoms with Gasteiger partial charge in [0.25, 0.3) is 0 Å². The van der Waals surface area contributed by atoms with E-state index in [0.29, 0.717) is 18.7 Å². The maximum Gasteiger partial charge on any atom is 0.239 e. The van der Waals surface area contributed by atoms with E-state index in [2.05, 4.69) is 10.6 Å². The second-order valence-corrected chi connectivity index (χ2v) is 4.77. The lowest BCUT2D eigenvalue weighted by atomic mass is 10.1. The van der Waals surface area contributed by atoms with Gasteiger partial charge < -0.3 is 15.5 Å². The number of nitrogens with zero attached hydrogens (tertiary/aromatic N) is 1. The smallest absolute Gasteiger partial charge is 0.239 e. The predicted molar refractivity (Wildman–Crippen MR) is 80.3 cm³/mol. The molecule has 1 amide bonds. The van der Waals surface area contributed by atoms with Crippen LogP contribution in [0.2, 0.25) is 0 Å². The van der Waals surface area contributed by atoms with E-state index in [0.717, 1.165) is 13.0 Å². The SMILES string of the molecule is CCCNCc1cc(F)c(N(CC)CC(=O)NC)c(F)c1. The number of hydrogen-bond donors (Lipinski definition) is 2. The van der Waals surface area contributed by atoms with E-state index in [9.17, 15) is 13.6 Å². The largest absolute Gasteiger partial charge is 0.358 e. The van der Waals surface area contributed by atoms with Crippen LogP contribution >= 0.6 is 0 Å². The number of nitrogens with one attached hydrogen (secondary N) is 2. The molecule has 0 unspecified atom stereocenters. The molecule has 0 heterocycles. The summed E-state index contributed by atoms with van der Waals surface area (Å²) >= 11 is 0. The Morgan fingerprint density at radius 1 is 1.24 bits per heavy atom. The average molecular weight is 299 g/mol. The highest BCUT2D eigenvalue weighted by Crippen LogP contribution is 2.25. The summed E-state index contributed by atoms with van der Waals surface area (Å²) in [6.07, 6.45) is 0.957. The van der Waals surface area contributed by atoms with Crippen LogP contribution in [0.1, 0.15) is 25.8 Å². The Balaban J connectivity index is 2.94. The molecular weight excluding hydrogens is 276 g/mol. The van der Waals surface area contributed by atoms with Gasteiger partial charge in [-0.2, -0.15) is 0 Å². The van der Waals surface area contributed by atoms with Crippen LogP contribution in [0.25, 0.3) is 0 Å². The lowest BCUT2D eigenvalue weighted by Crippen LogP contribution is -2.36. The number of benzene rings is 1. The number of rotatable bonds is 8. The fourth-order valence-corrected chi connectivity index (χ4v) is 2.03. The maximum atomic E-state index is 14.2. The first-order valence-corrected chi connectivity index (χ1v) is 7.17. The van der Waals surface area contributed by atoms with Gasteiger partial charge in [-0.25, -0.2) is 8.78 Å². The minimum atomic E-state index is -0.644. The number of carbonyl (C=O) groups is 1. The molecule has 0 atom stereocenters. The zero-order valence-corrected chi connectivity index (χ0v) is 12.8. The van der Waals surface area contributed by atoms with E-state index in [1.807, 2.05) is 6.92 Å². The van der Waals surface area contributed by atoms with Gasteiger partial charge in [0, 0.05) is 20.1 Å². The second kappa shape index (κ2) is 8.56. The van der Waals surface area contributed by atoms with Crippen molar-refractivity contribution in [1.29, 1.82) is 0 Å². The number of likely N-dealkylation sites (N-methyl/N-ethyl adjacent to an activating group) is 2. The first-order chi connectivity index (χ1) is 10.0. The minimum absolute atomic E-state index is 0.0751. The van der Waals surface area contributed by atoms with Crippen LogP contribution in [-0.2, 0) is 11.3 Å². The fourth-order valence-electron chi connectivity index (χ4n) is 2.03. The van der Waals surface area contributed by atoms with Crippen LogP contribution in [-0.4, -0.2) is 32.6 Å². The molecule has 2 N–H and O–H groups in total. The molecule has 6 heteroatoms. The van der Waals surface area contributed by atoms with Gasteiger partial charge in [0.2, 0.25) is 5.91 Å². The van der Waals surface area contributed by atoms with Crippen LogP contribution in [0.4, 0.5) is 14.5 Å². The molecule has 1 rings (SSSR count). The maximum absolute atomic E-state index is 14.2. The Bertz CT molecular complexity index is 457. The second-order valence-electron chi connectivity index (χ2n) is 4.77. The monoisotopic (exact) mass is 299 g/mol. The normalized spacial score (nSPS) is 10.5. The average Bonchev–Trinajstić information content (AvgIpc) is 2.45. The minimum Gasteiger partial charge on any atom is -0.358 e. The van der Waals surface area contributed by atoms with E-state index in [1.54, 1.807) is 6.92 Å². The van der Waals surface area contributed by atoms with Gasteiger partial charge in [-0.15, -0.1) is 0 Å². The molecule has 118 valence electrons. The van der Waals surface area contributed by atoms with Gasteiger partial charge in [0.1, 0.15) is 17.3 Å². The van der Waals surface area contributed by atoms with Crippen molar-refractivity contribution in [3.8, 4) is 0 Å². The Labute approximate surface area is 124 Å². The third-order valence-corrected chi connectivity index (χ3v) is 3.14. The fraction of sp³-hybridized carbons (Fsp3) is 0.533. The van der Waals surface area contributed by atoms with E-state index >= 15 is 0 Å². The van der Waals surface area contributed by atoms with E-state index in [4.69, 9.17) is 0 Å². The molecule has 21 heavy (non-hydrogen) atoms. The summed E-state index contributed by atoms with van der Waals surface area (Å²) in [7, 11) is 1.49. The Morgan fingerprint density at radius 2 is 1.86 bits per heavy atom. The summed E-state index contributed by atoms with van der Waals surface area (Å²) < 4.78 is 28.3. The summed E-state index contributed by atoms with van der Waals surface area (Å²) in [4.78, 5) is 12.8. The predicted octanol–water partition coefficient (Wildman–Crippen LogP) is 2.04. The van der Waals surface area contributed by atoms with Gasteiger partial charge in [0.15, 0.2) is 0 Å². The van der Waals surface area contributed by atoms with E-state index in [-0.39, 0.29) is 18.1 Å². The first-order valence-electron chi connectivity index (χ1n) is 7.17. The summed E-state index contributed by atoms with van der Waals surface area (Å²) in [6, 6.07) is 2.63. The first kappa shape index (κ1) is 17.4. The van der Waals surface area contributed by atoms with Gasteiger partial charge in [0.05, 0.1) is 6.54 Å². The topological polar surface area (TPSA) is 44.4 Å². The van der Waals surface area contributed by atoms with Crippen LogP contribution < -0.4 is 15.5 Å². The van der Waals surface area contributed by atoms with Crippen LogP contribution in [0, 0.1) is 11.6 Å². The molecule has 0 fully saturated rings. The molecule has 0 aliphatic rings. The Morgan fingerprint density at radius 3 is 2.33 bits per heavy atom. The van der Waals surface area contributed by atoms with Gasteiger partial charge in [-0.05, 0) is 37.6 Å². The van der Waals surface area contributed by atoms with Crippen LogP contribution in [0.15, 0.2) is 12.1 Å². The molecular formula is C15H23F2N3O. The molecule has 4 nitrogen and oxygen atoms in total. The van der Waals surface area contributed by atoms with Crippen molar-refractivity contribution >= 4 is 11.6 Å². The van der Waals surface area contributed by atoms with Crippen molar-refractivity contribution in [2.24, 2.45) is 0 Å². The van der Waals surface area contributed by atoms with Crippen molar-refractivity contribution in [2.45, 2.75) is 26.8 Å². The zero-order valence-electron chi connectivity index (χ0n) is 12.8. The molecule has 0 saturated carbocycles. The molecule has 0 aliphatic heterocycles. The van der Waals surface area contributed by atoms with Crippen molar-refractivity contribution in [3.63, 3.8) is 0 Å². The summed E-state index contributed by atoms with van der Waals surface area (Å²) in [5.41, 5.74) is 0.401. The molecule has 0 aliphatic carbocycles. The molecule has 0 aromatic heterocycles. The molecule has 0 radical (unpaired) electrons. The van der Waals surface area contributed by atoms with Gasteiger partial charge in [-0.3, -0.25) is 4.79 Å². The molecule has 1 aromatic carbocycles. The molecule has 0 saturated heterocycles. The number of anilines is 1. The van der Waals surface area contributed by atoms with Crippen LogP contribution in [0.5, 0.6) is 0 Å². The highest BCUT2D eigenvalue weighted by molar-refractivity contribution is 5.81. The third-order valence-electron chi connectivity index (χ3n) is 3.14. The zero-order chi connectivity index (χ0) is 15.8. The van der Waals surface area contributed by atoms with Crippen LogP contribution in [0.3, 0.4) is 0 Å². The molecule has 0 bridgehead atoms. The lowest BCUT2D eigenvalue weighted by Gasteiger charge is -2.23. The number of carbonyl (C=O) groups excluding carboxylic acids is 1. The number of hydrogen-bond acceptors (Lipinski definition) is 3. The van der Waals surface area contributed by atoms with Gasteiger partial charge in [-0.1, -0.05) is 6.92 Å². The van der Waals surface area contributed by atoms with E-state index in [1.165, 1.54) is 24.1 Å². The summed E-state index contributed by atoms with van der Waals surface area (Å²) in [5.74, 6) is -1.58. The summed E-state index contributed by atoms with van der Waals surface area (Å²) in [6.45, 7) is 5.25. The van der Waals surface area contributed by atoms with Crippen molar-refractivity contribution in [3.05, 3.63) is 29.3 Å². The van der Waals surface area contributed by atoms with Crippen molar-refractivity contribution in [2.75, 3.05) is 31.6 Å². The van der Waals surface area contributed by atoms with Crippen molar-refractivity contribution < 1.29 is 13.6 Å². The van der Waals surface area contributed by atoms with E-state index < -0.39 is 11.6 Å². The van der Waals surface area contributed by atoms with Crippen molar-refractivity contribution in [1.82, 2.24) is 10.6 Å². The highest BCUT2D eigenvalue weighted by atomic mass is 19.1. The lowest BCUT2D eigenvalue weighted by molar-refractivity contribution is -0.119. The number of halogens is 2. The van der Waals surface area contributed by atoms with Gasteiger partial charge >= 0.3 is 0 Å². The number of amides is 1.